The molecule has 0 N–H and O–H groups in total. The van der Waals surface area contributed by atoms with E-state index < -0.39 is 11.4 Å². The second-order valence-corrected chi connectivity index (χ2v) is 5.93. The maximum atomic E-state index is 12.4. The van der Waals surface area contributed by atoms with Crippen LogP contribution in [0.15, 0.2) is 30.3 Å². The number of carbonyl (C=O) groups is 1. The highest BCUT2D eigenvalue weighted by Crippen LogP contribution is 2.70. The van der Waals surface area contributed by atoms with E-state index in [0.29, 0.717) is 0 Å². The molecular weight excluding hydrogens is 254 g/mol. The van der Waals surface area contributed by atoms with Gasteiger partial charge in [0.05, 0.1) is 25.4 Å². The van der Waals surface area contributed by atoms with Crippen molar-refractivity contribution in [2.45, 2.75) is 24.5 Å². The van der Waals surface area contributed by atoms with Gasteiger partial charge in [0.15, 0.2) is 5.41 Å². The van der Waals surface area contributed by atoms with E-state index in [4.69, 9.17) is 9.47 Å². The molecule has 0 amide bonds. The zero-order valence-corrected chi connectivity index (χ0v) is 11.2. The van der Waals surface area contributed by atoms with Crippen molar-refractivity contribution in [1.82, 2.24) is 0 Å². The van der Waals surface area contributed by atoms with Crippen molar-refractivity contribution >= 4 is 5.97 Å². The minimum absolute atomic E-state index is 0.0276. The minimum atomic E-state index is -1.08. The normalized spacial score (nSPS) is 43.7. The molecule has 1 saturated heterocycles. The first-order valence-electron chi connectivity index (χ1n) is 6.94. The highest BCUT2D eigenvalue weighted by atomic mass is 16.6. The molecule has 1 aliphatic heterocycles. The average Bonchev–Trinajstić information content (AvgIpc) is 3.14. The lowest BCUT2D eigenvalue weighted by Gasteiger charge is -2.34. The van der Waals surface area contributed by atoms with Gasteiger partial charge in [-0.15, -0.1) is 0 Å². The van der Waals surface area contributed by atoms with Crippen molar-refractivity contribution in [2.24, 2.45) is 17.3 Å². The molecule has 0 radical (unpaired) electrons. The molecule has 1 aromatic carbocycles. The molecule has 3 fully saturated rings. The van der Waals surface area contributed by atoms with Crippen LogP contribution in [-0.4, -0.2) is 25.3 Å². The first-order chi connectivity index (χ1) is 9.74. The number of nitriles is 1. The summed E-state index contributed by atoms with van der Waals surface area (Å²) in [5.41, 5.74) is -0.0424. The number of epoxide rings is 1. The van der Waals surface area contributed by atoms with Gasteiger partial charge in [-0.05, 0) is 17.9 Å². The maximum absolute atomic E-state index is 12.4. The largest absolute Gasteiger partial charge is 0.468 e. The average molecular weight is 269 g/mol. The molecule has 2 aliphatic carbocycles. The van der Waals surface area contributed by atoms with Crippen LogP contribution in [0.5, 0.6) is 0 Å². The van der Waals surface area contributed by atoms with Gasteiger partial charge < -0.3 is 9.47 Å². The number of nitrogens with zero attached hydrogens (tertiary/aromatic N) is 1. The highest BCUT2D eigenvalue weighted by molar-refractivity contribution is 5.83. The molecular formula is C16H15NO3. The Morgan fingerprint density at radius 1 is 1.40 bits per heavy atom. The quantitative estimate of drug-likeness (QED) is 0.607. The highest BCUT2D eigenvalue weighted by Gasteiger charge is 2.76. The number of benzene rings is 1. The zero-order chi connectivity index (χ0) is 13.9. The number of rotatable bonds is 2. The molecule has 6 atom stereocenters. The van der Waals surface area contributed by atoms with Gasteiger partial charge in [-0.25, -0.2) is 0 Å². The zero-order valence-electron chi connectivity index (χ0n) is 11.2. The predicted molar refractivity (Wildman–Crippen MR) is 69.5 cm³/mol. The smallest absolute Gasteiger partial charge is 0.327 e. The molecule has 0 spiro atoms. The lowest BCUT2D eigenvalue weighted by atomic mass is 9.64. The van der Waals surface area contributed by atoms with Crippen molar-refractivity contribution < 1.29 is 14.3 Å². The van der Waals surface area contributed by atoms with Crippen molar-refractivity contribution in [2.75, 3.05) is 7.11 Å². The third-order valence-corrected chi connectivity index (χ3v) is 5.28. The number of carbonyl (C=O) groups excluding carboxylic acids is 1. The Morgan fingerprint density at radius 3 is 2.80 bits per heavy atom. The Balaban J connectivity index is 1.87. The molecule has 0 unspecified atom stereocenters. The number of ether oxygens (including phenoxy) is 2. The summed E-state index contributed by atoms with van der Waals surface area (Å²) >= 11 is 0. The molecule has 20 heavy (non-hydrogen) atoms. The molecule has 2 saturated carbocycles. The molecule has 1 heterocycles. The van der Waals surface area contributed by atoms with Crippen LogP contribution < -0.4 is 0 Å². The number of fused-ring (bicyclic) bond motifs is 5. The SMILES string of the molecule is COC(=O)[C@@]1(C#N)[C@H](c2ccccc2)[C@@H]2C[C@H]1[C@H]1O[C@@H]21. The summed E-state index contributed by atoms with van der Waals surface area (Å²) in [5, 5.41) is 9.80. The second-order valence-electron chi connectivity index (χ2n) is 5.93. The van der Waals surface area contributed by atoms with Gasteiger partial charge in [0.2, 0.25) is 0 Å². The van der Waals surface area contributed by atoms with Crippen molar-refractivity contribution in [3.05, 3.63) is 35.9 Å². The van der Waals surface area contributed by atoms with Crippen LogP contribution in [0.3, 0.4) is 0 Å². The molecule has 1 aromatic rings. The van der Waals surface area contributed by atoms with E-state index in [2.05, 4.69) is 6.07 Å². The van der Waals surface area contributed by atoms with E-state index >= 15 is 0 Å². The first kappa shape index (κ1) is 11.9. The van der Waals surface area contributed by atoms with E-state index in [0.717, 1.165) is 12.0 Å². The number of hydrogen-bond acceptors (Lipinski definition) is 4. The summed E-state index contributed by atoms with van der Waals surface area (Å²) in [6.45, 7) is 0. The summed E-state index contributed by atoms with van der Waals surface area (Å²) in [6, 6.07) is 12.2. The van der Waals surface area contributed by atoms with Crippen LogP contribution in [0.4, 0.5) is 0 Å². The van der Waals surface area contributed by atoms with Crippen molar-refractivity contribution in [1.29, 1.82) is 5.26 Å². The van der Waals surface area contributed by atoms with E-state index in [1.54, 1.807) is 0 Å². The number of esters is 1. The van der Waals surface area contributed by atoms with Gasteiger partial charge in [0.25, 0.3) is 0 Å². The van der Waals surface area contributed by atoms with E-state index in [-0.39, 0.29) is 30.0 Å². The lowest BCUT2D eigenvalue weighted by molar-refractivity contribution is -0.152. The Hall–Kier alpha value is -1.86. The monoisotopic (exact) mass is 269 g/mol. The molecule has 3 aliphatic rings. The predicted octanol–water partition coefficient (Wildman–Crippen LogP) is 1.87. The molecule has 4 nitrogen and oxygen atoms in total. The fourth-order valence-electron chi connectivity index (χ4n) is 4.52. The summed E-state index contributed by atoms with van der Waals surface area (Å²) in [5.74, 6) is -0.295. The van der Waals surface area contributed by atoms with Crippen LogP contribution in [0.25, 0.3) is 0 Å². The van der Waals surface area contributed by atoms with Crippen LogP contribution in [0.2, 0.25) is 0 Å². The van der Waals surface area contributed by atoms with Crippen LogP contribution >= 0.6 is 0 Å². The second kappa shape index (κ2) is 3.83. The summed E-state index contributed by atoms with van der Waals surface area (Å²) < 4.78 is 10.7. The van der Waals surface area contributed by atoms with Gasteiger partial charge in [0.1, 0.15) is 0 Å². The van der Waals surface area contributed by atoms with E-state index in [1.807, 2.05) is 30.3 Å². The molecule has 0 aromatic heterocycles. The Kier molecular flexibility index (Phi) is 2.28. The van der Waals surface area contributed by atoms with E-state index in [1.165, 1.54) is 7.11 Å². The summed E-state index contributed by atoms with van der Waals surface area (Å²) in [7, 11) is 1.36. The third kappa shape index (κ3) is 1.22. The Labute approximate surface area is 117 Å². The molecule has 4 heteroatoms. The minimum Gasteiger partial charge on any atom is -0.468 e. The summed E-state index contributed by atoms with van der Waals surface area (Å²) in [4.78, 5) is 12.4. The maximum Gasteiger partial charge on any atom is 0.327 e. The van der Waals surface area contributed by atoms with Crippen molar-refractivity contribution in [3.63, 3.8) is 0 Å². The topological polar surface area (TPSA) is 62.6 Å². The van der Waals surface area contributed by atoms with E-state index in [9.17, 15) is 10.1 Å². The third-order valence-electron chi connectivity index (χ3n) is 5.28. The first-order valence-corrected chi connectivity index (χ1v) is 6.94. The van der Waals surface area contributed by atoms with Gasteiger partial charge in [-0.1, -0.05) is 30.3 Å². The Morgan fingerprint density at radius 2 is 2.15 bits per heavy atom. The summed E-state index contributed by atoms with van der Waals surface area (Å²) in [6.07, 6.45) is 1.20. The van der Waals surface area contributed by atoms with Gasteiger partial charge in [-0.2, -0.15) is 5.26 Å². The van der Waals surface area contributed by atoms with Crippen molar-refractivity contribution in [3.8, 4) is 6.07 Å². The standard InChI is InChI=1S/C16H15NO3/c1-19-15(18)16(8-17)11-7-10(13-14(11)20-13)12(16)9-5-3-2-4-6-9/h2-6,10-14H,7H2,1H3/t10-,11-,12+,13-,14+,16+/m0/s1. The number of hydrogen-bond donors (Lipinski definition) is 0. The number of methoxy groups -OCH3 is 1. The van der Waals surface area contributed by atoms with Crippen LogP contribution in [-0.2, 0) is 14.3 Å². The Bertz CT molecular complexity index is 608. The van der Waals surface area contributed by atoms with Crippen LogP contribution in [0.1, 0.15) is 17.9 Å². The molecule has 4 rings (SSSR count). The fraction of sp³-hybridized carbons (Fsp3) is 0.500. The van der Waals surface area contributed by atoms with Gasteiger partial charge >= 0.3 is 5.97 Å². The van der Waals surface area contributed by atoms with Crippen LogP contribution in [0, 0.1) is 28.6 Å². The van der Waals surface area contributed by atoms with Gasteiger partial charge in [-0.3, -0.25) is 4.79 Å². The molecule has 2 bridgehead atoms. The van der Waals surface area contributed by atoms with Gasteiger partial charge in [0, 0.05) is 11.8 Å². The lowest BCUT2D eigenvalue weighted by Crippen LogP contribution is -2.44. The fourth-order valence-corrected chi connectivity index (χ4v) is 4.52. The molecule has 102 valence electrons.